The number of hydrogen-bond acceptors (Lipinski definition) is 5. The van der Waals surface area contributed by atoms with E-state index in [1.807, 2.05) is 36.8 Å². The molecule has 2 atom stereocenters. The molecule has 8 heteroatoms. The highest BCUT2D eigenvalue weighted by Gasteiger charge is 2.46. The van der Waals surface area contributed by atoms with Crippen LogP contribution in [0.15, 0.2) is 42.5 Å². The molecule has 2 unspecified atom stereocenters. The number of rotatable bonds is 10. The molecule has 0 aromatic heterocycles. The first-order valence-corrected chi connectivity index (χ1v) is 12.3. The molecule has 1 saturated heterocycles. The van der Waals surface area contributed by atoms with Crippen molar-refractivity contribution in [1.29, 1.82) is 0 Å². The van der Waals surface area contributed by atoms with E-state index >= 15 is 0 Å². The Labute approximate surface area is 190 Å². The van der Waals surface area contributed by atoms with Crippen LogP contribution < -0.4 is 5.32 Å². The van der Waals surface area contributed by atoms with E-state index in [-0.39, 0.29) is 17.8 Å². The number of hydrogen-bond donors (Lipinski definition) is 1. The Kier molecular flexibility index (Phi) is 8.48. The summed E-state index contributed by atoms with van der Waals surface area (Å²) in [5.74, 6) is -0.287. The van der Waals surface area contributed by atoms with Gasteiger partial charge in [0.2, 0.25) is 5.91 Å². The predicted octanol–water partition coefficient (Wildman–Crippen LogP) is 5.54. The van der Waals surface area contributed by atoms with E-state index in [9.17, 15) is 9.18 Å². The minimum Gasteiger partial charge on any atom is -0.352 e. The third-order valence-corrected chi connectivity index (χ3v) is 6.36. The molecular weight excluding hydrogens is 445 g/mol. The average Bonchev–Trinajstić information content (AvgIpc) is 3.04. The van der Waals surface area contributed by atoms with E-state index in [1.54, 1.807) is 6.07 Å². The fourth-order valence-corrected chi connectivity index (χ4v) is 4.57. The van der Waals surface area contributed by atoms with Gasteiger partial charge in [0.1, 0.15) is 5.82 Å². The highest BCUT2D eigenvalue weighted by atomic mass is 35.5. The highest BCUT2D eigenvalue weighted by Crippen LogP contribution is 2.37. The lowest BCUT2D eigenvalue weighted by atomic mass is 9.81. The lowest BCUT2D eigenvalue weighted by Gasteiger charge is -2.25. The first-order chi connectivity index (χ1) is 14.5. The van der Waals surface area contributed by atoms with E-state index in [1.165, 1.54) is 36.2 Å². The Morgan fingerprint density at radius 3 is 2.60 bits per heavy atom. The van der Waals surface area contributed by atoms with Gasteiger partial charge in [-0.25, -0.2) is 4.39 Å². The number of amides is 1. The van der Waals surface area contributed by atoms with Gasteiger partial charge in [-0.2, -0.15) is 0 Å². The zero-order valence-corrected chi connectivity index (χ0v) is 19.3. The summed E-state index contributed by atoms with van der Waals surface area (Å²) in [6.45, 7) is 0.861. The molecule has 162 valence electrons. The number of nitrogens with one attached hydrogen (secondary N) is 1. The number of halogens is 2. The van der Waals surface area contributed by atoms with E-state index in [0.717, 1.165) is 11.1 Å². The summed E-state index contributed by atoms with van der Waals surface area (Å²) >= 11 is 8.57. The summed E-state index contributed by atoms with van der Waals surface area (Å²) in [6, 6.07) is 12.3. The molecule has 0 radical (unpaired) electrons. The summed E-state index contributed by atoms with van der Waals surface area (Å²) in [5, 5.41) is 3.62. The fourth-order valence-electron chi connectivity index (χ4n) is 3.81. The van der Waals surface area contributed by atoms with Crippen LogP contribution in [-0.4, -0.2) is 37.7 Å². The van der Waals surface area contributed by atoms with E-state index < -0.39 is 5.41 Å². The molecule has 1 heterocycles. The molecule has 1 aliphatic rings. The number of benzene rings is 2. The first kappa shape index (κ1) is 23.4. The van der Waals surface area contributed by atoms with E-state index in [0.29, 0.717) is 43.1 Å². The monoisotopic (exact) mass is 469 g/mol. The minimum absolute atomic E-state index is 0.0175. The van der Waals surface area contributed by atoms with Crippen LogP contribution in [0, 0.1) is 11.2 Å². The van der Waals surface area contributed by atoms with Crippen LogP contribution in [0.1, 0.15) is 18.4 Å². The molecule has 0 bridgehead atoms. The molecule has 1 N–H and O–H groups in total. The molecule has 1 aliphatic heterocycles. The Bertz CT molecular complexity index is 868. The van der Waals surface area contributed by atoms with E-state index in [2.05, 4.69) is 5.32 Å². The Balaban J connectivity index is 1.68. The summed E-state index contributed by atoms with van der Waals surface area (Å²) in [5.41, 5.74) is 1.75. The van der Waals surface area contributed by atoms with Gasteiger partial charge in [-0.15, -0.1) is 0 Å². The molecule has 0 aliphatic carbocycles. The topological polar surface area (TPSA) is 47.6 Å². The van der Waals surface area contributed by atoms with Crippen LogP contribution >= 0.6 is 35.7 Å². The molecule has 0 saturated carbocycles. The Morgan fingerprint density at radius 1 is 1.17 bits per heavy atom. The van der Waals surface area contributed by atoms with Gasteiger partial charge in [-0.1, -0.05) is 35.9 Å². The van der Waals surface area contributed by atoms with Gasteiger partial charge in [-0.05, 0) is 72.7 Å². The standard InChI is InChI=1S/C22H25ClFNO3S2/c1-29-27-10-9-22(14-28-30-2)13-18(25-21(22)26)11-15-3-5-16(6-4-15)19-12-17(23)7-8-20(19)24/h3-8,12,18H,9-11,13-14H2,1-2H3,(H,25,26). The van der Waals surface area contributed by atoms with Crippen LogP contribution in [0.4, 0.5) is 4.39 Å². The molecule has 4 nitrogen and oxygen atoms in total. The van der Waals surface area contributed by atoms with Crippen molar-refractivity contribution >= 4 is 41.6 Å². The Hall–Kier alpha value is -1.25. The van der Waals surface area contributed by atoms with Gasteiger partial charge in [-0.3, -0.25) is 4.79 Å². The summed E-state index contributed by atoms with van der Waals surface area (Å²) < 4.78 is 25.1. The third-order valence-electron chi connectivity index (χ3n) is 5.36. The van der Waals surface area contributed by atoms with Gasteiger partial charge in [0, 0.05) is 29.1 Å². The second-order valence-electron chi connectivity index (χ2n) is 7.35. The zero-order valence-electron chi connectivity index (χ0n) is 17.0. The van der Waals surface area contributed by atoms with Crippen LogP contribution in [0.2, 0.25) is 5.02 Å². The molecule has 2 aromatic rings. The van der Waals surface area contributed by atoms with Crippen molar-refractivity contribution in [2.24, 2.45) is 5.41 Å². The molecule has 2 aromatic carbocycles. The van der Waals surface area contributed by atoms with E-state index in [4.69, 9.17) is 20.0 Å². The highest BCUT2D eigenvalue weighted by molar-refractivity contribution is 7.94. The summed E-state index contributed by atoms with van der Waals surface area (Å²) in [4.78, 5) is 12.8. The van der Waals surface area contributed by atoms with Gasteiger partial charge >= 0.3 is 0 Å². The van der Waals surface area contributed by atoms with Crippen molar-refractivity contribution in [3.63, 3.8) is 0 Å². The molecular formula is C22H25ClFNO3S2. The van der Waals surface area contributed by atoms with Crippen molar-refractivity contribution in [1.82, 2.24) is 5.32 Å². The molecule has 3 rings (SSSR count). The maximum absolute atomic E-state index is 14.1. The van der Waals surface area contributed by atoms with Crippen LogP contribution in [0.5, 0.6) is 0 Å². The van der Waals surface area contributed by atoms with Crippen LogP contribution in [0.3, 0.4) is 0 Å². The molecule has 1 amide bonds. The first-order valence-electron chi connectivity index (χ1n) is 9.64. The molecule has 1 fully saturated rings. The largest absolute Gasteiger partial charge is 0.352 e. The second-order valence-corrected chi connectivity index (χ2v) is 8.92. The van der Waals surface area contributed by atoms with Crippen LogP contribution in [-0.2, 0) is 19.6 Å². The SMILES string of the molecule is CSOCCC1(COSC)CC(Cc2ccc(-c3cc(Cl)ccc3F)cc2)NC1=O. The number of carbonyl (C=O) groups is 1. The van der Waals surface area contributed by atoms with Gasteiger partial charge in [0.25, 0.3) is 0 Å². The van der Waals surface area contributed by atoms with Gasteiger partial charge in [0.15, 0.2) is 0 Å². The molecule has 0 spiro atoms. The van der Waals surface area contributed by atoms with Crippen molar-refractivity contribution in [2.75, 3.05) is 25.7 Å². The lowest BCUT2D eigenvalue weighted by Crippen LogP contribution is -2.36. The maximum atomic E-state index is 14.1. The summed E-state index contributed by atoms with van der Waals surface area (Å²) in [7, 11) is 0. The van der Waals surface area contributed by atoms with Crippen molar-refractivity contribution in [3.05, 3.63) is 58.9 Å². The van der Waals surface area contributed by atoms with Crippen molar-refractivity contribution in [3.8, 4) is 11.1 Å². The zero-order chi connectivity index (χ0) is 21.6. The van der Waals surface area contributed by atoms with Crippen molar-refractivity contribution in [2.45, 2.75) is 25.3 Å². The second kappa shape index (κ2) is 10.9. The molecule has 30 heavy (non-hydrogen) atoms. The number of carbonyl (C=O) groups excluding carboxylic acids is 1. The third kappa shape index (κ3) is 5.71. The van der Waals surface area contributed by atoms with Crippen molar-refractivity contribution < 1.29 is 17.6 Å². The normalized spacial score (nSPS) is 21.1. The Morgan fingerprint density at radius 2 is 1.90 bits per heavy atom. The predicted molar refractivity (Wildman–Crippen MR) is 123 cm³/mol. The fraction of sp³-hybridized carbons (Fsp3) is 0.409. The minimum atomic E-state index is -0.576. The maximum Gasteiger partial charge on any atom is 0.228 e. The van der Waals surface area contributed by atoms with Gasteiger partial charge < -0.3 is 13.7 Å². The summed E-state index contributed by atoms with van der Waals surface area (Å²) in [6.07, 6.45) is 5.72. The quantitative estimate of drug-likeness (QED) is 0.365. The van der Waals surface area contributed by atoms with Gasteiger partial charge in [0.05, 0.1) is 18.6 Å². The van der Waals surface area contributed by atoms with Crippen LogP contribution in [0.25, 0.3) is 11.1 Å². The smallest absolute Gasteiger partial charge is 0.228 e. The average molecular weight is 470 g/mol. The lowest BCUT2D eigenvalue weighted by molar-refractivity contribution is -0.129.